The van der Waals surface area contributed by atoms with Crippen molar-refractivity contribution in [3.8, 4) is 5.75 Å². The third-order valence-corrected chi connectivity index (χ3v) is 5.33. The molecule has 1 aromatic carbocycles. The summed E-state index contributed by atoms with van der Waals surface area (Å²) in [5, 5.41) is 16.8. The number of aliphatic hydroxyl groups is 1. The van der Waals surface area contributed by atoms with Crippen LogP contribution < -0.4 is 10.1 Å². The summed E-state index contributed by atoms with van der Waals surface area (Å²) < 4.78 is 7.64. The van der Waals surface area contributed by atoms with Gasteiger partial charge in [-0.15, -0.1) is 0 Å². The third kappa shape index (κ3) is 4.20. The number of aromatic nitrogens is 2. The fourth-order valence-electron chi connectivity index (χ4n) is 3.76. The van der Waals surface area contributed by atoms with Gasteiger partial charge < -0.3 is 14.7 Å². The first-order valence-corrected chi connectivity index (χ1v) is 9.81. The second-order valence-electron chi connectivity index (χ2n) is 7.35. The van der Waals surface area contributed by atoms with Crippen molar-refractivity contribution in [3.63, 3.8) is 0 Å². The van der Waals surface area contributed by atoms with Crippen LogP contribution >= 0.6 is 0 Å². The van der Waals surface area contributed by atoms with E-state index in [1.54, 1.807) is 11.1 Å². The number of carbonyl (C=O) groups excluding carboxylic acids is 1. The van der Waals surface area contributed by atoms with Crippen LogP contribution in [-0.4, -0.2) is 39.0 Å². The van der Waals surface area contributed by atoms with Crippen LogP contribution in [0.15, 0.2) is 42.6 Å². The van der Waals surface area contributed by atoms with Crippen LogP contribution in [0.2, 0.25) is 0 Å². The predicted octanol–water partition coefficient (Wildman–Crippen LogP) is 3.16. The van der Waals surface area contributed by atoms with Crippen molar-refractivity contribution >= 4 is 11.8 Å². The van der Waals surface area contributed by atoms with Gasteiger partial charge in [0, 0.05) is 18.2 Å². The summed E-state index contributed by atoms with van der Waals surface area (Å²) in [7, 11) is 0. The molecule has 2 heterocycles. The molecular formula is C21H26N4O3. The van der Waals surface area contributed by atoms with Crippen LogP contribution in [0.25, 0.3) is 0 Å². The number of allylic oxidation sites excluding steroid dienone is 2. The predicted molar refractivity (Wildman–Crippen MR) is 106 cm³/mol. The molecule has 0 saturated carbocycles. The highest BCUT2D eigenvalue weighted by Gasteiger charge is 2.22. The Balaban J connectivity index is 1.43. The number of fused-ring (bicyclic) bond motifs is 1. The lowest BCUT2D eigenvalue weighted by molar-refractivity contribution is 0.200. The van der Waals surface area contributed by atoms with E-state index in [-0.39, 0.29) is 12.6 Å². The quantitative estimate of drug-likeness (QED) is 0.796. The Labute approximate surface area is 164 Å². The van der Waals surface area contributed by atoms with Gasteiger partial charge in [0.1, 0.15) is 18.2 Å². The first kappa shape index (κ1) is 18.6. The lowest BCUT2D eigenvalue weighted by Crippen LogP contribution is -2.36. The summed E-state index contributed by atoms with van der Waals surface area (Å²) in [6.45, 7) is 2.15. The topological polar surface area (TPSA) is 79.6 Å². The maximum Gasteiger partial charge on any atom is 0.323 e. The van der Waals surface area contributed by atoms with Gasteiger partial charge in [-0.05, 0) is 42.9 Å². The van der Waals surface area contributed by atoms with E-state index in [1.807, 2.05) is 28.9 Å². The number of rotatable bonds is 4. The molecule has 7 nitrogen and oxygen atoms in total. The standard InChI is InChI=1S/C21H26N4O3/c26-15-17-6-7-19-18(12-17)14-24(10-11-28-19)21(27)23-20-8-9-22-25(20)13-16-4-2-1-3-5-16/h1-2,6-9,12,16,26H,3-5,10-11,13-15H2,(H,23,27). The number of benzene rings is 1. The van der Waals surface area contributed by atoms with Crippen molar-refractivity contribution < 1.29 is 14.6 Å². The van der Waals surface area contributed by atoms with Gasteiger partial charge in [0.15, 0.2) is 0 Å². The molecule has 1 unspecified atom stereocenters. The van der Waals surface area contributed by atoms with Crippen LogP contribution in [0.4, 0.5) is 10.6 Å². The molecule has 1 aromatic heterocycles. The van der Waals surface area contributed by atoms with Gasteiger partial charge in [-0.25, -0.2) is 9.48 Å². The van der Waals surface area contributed by atoms with E-state index in [0.717, 1.165) is 42.7 Å². The number of nitrogens with one attached hydrogen (secondary N) is 1. The number of hydrogen-bond acceptors (Lipinski definition) is 4. The van der Waals surface area contributed by atoms with E-state index in [2.05, 4.69) is 22.6 Å². The molecule has 28 heavy (non-hydrogen) atoms. The van der Waals surface area contributed by atoms with Crippen LogP contribution in [0, 0.1) is 5.92 Å². The zero-order valence-corrected chi connectivity index (χ0v) is 15.9. The smallest absolute Gasteiger partial charge is 0.323 e. The Hall–Kier alpha value is -2.80. The number of amides is 2. The number of nitrogens with zero attached hydrogens (tertiary/aromatic N) is 3. The van der Waals surface area contributed by atoms with E-state index in [4.69, 9.17) is 4.74 Å². The molecule has 2 N–H and O–H groups in total. The lowest BCUT2D eigenvalue weighted by atomic mass is 9.94. The average Bonchev–Trinajstić information content (AvgIpc) is 3.03. The lowest BCUT2D eigenvalue weighted by Gasteiger charge is -2.22. The van der Waals surface area contributed by atoms with Gasteiger partial charge in [0.25, 0.3) is 0 Å². The molecule has 2 amide bonds. The highest BCUT2D eigenvalue weighted by Crippen LogP contribution is 2.25. The molecule has 0 radical (unpaired) electrons. The second kappa shape index (κ2) is 8.48. The minimum absolute atomic E-state index is 0.0327. The summed E-state index contributed by atoms with van der Waals surface area (Å²) in [5.41, 5.74) is 1.71. The Kier molecular flexibility index (Phi) is 5.62. The molecule has 7 heteroatoms. The number of aliphatic hydroxyl groups excluding tert-OH is 1. The van der Waals surface area contributed by atoms with Crippen LogP contribution in [-0.2, 0) is 19.7 Å². The molecular weight excluding hydrogens is 356 g/mol. The van der Waals surface area contributed by atoms with Crippen molar-refractivity contribution in [3.05, 3.63) is 53.7 Å². The van der Waals surface area contributed by atoms with Gasteiger partial charge >= 0.3 is 6.03 Å². The molecule has 4 rings (SSSR count). The molecule has 0 bridgehead atoms. The van der Waals surface area contributed by atoms with E-state index >= 15 is 0 Å². The fourth-order valence-corrected chi connectivity index (χ4v) is 3.76. The molecule has 0 saturated heterocycles. The molecule has 1 aliphatic carbocycles. The Morgan fingerprint density at radius 2 is 2.25 bits per heavy atom. The van der Waals surface area contributed by atoms with Crippen LogP contribution in [0.1, 0.15) is 30.4 Å². The second-order valence-corrected chi connectivity index (χ2v) is 7.35. The largest absolute Gasteiger partial charge is 0.491 e. The highest BCUT2D eigenvalue weighted by molar-refractivity contribution is 5.88. The van der Waals surface area contributed by atoms with E-state index in [9.17, 15) is 9.90 Å². The summed E-state index contributed by atoms with van der Waals surface area (Å²) in [6.07, 6.45) is 9.49. The zero-order valence-electron chi connectivity index (χ0n) is 15.9. The maximum atomic E-state index is 12.9. The van der Waals surface area contributed by atoms with E-state index in [1.165, 1.54) is 0 Å². The number of ether oxygens (including phenoxy) is 1. The van der Waals surface area contributed by atoms with Crippen LogP contribution in [0.5, 0.6) is 5.75 Å². The van der Waals surface area contributed by atoms with Crippen molar-refractivity contribution in [2.75, 3.05) is 18.5 Å². The average molecular weight is 382 g/mol. The normalized spacial score (nSPS) is 18.9. The van der Waals surface area contributed by atoms with Gasteiger partial charge in [-0.1, -0.05) is 18.2 Å². The van der Waals surface area contributed by atoms with Crippen molar-refractivity contribution in [2.24, 2.45) is 5.92 Å². The summed E-state index contributed by atoms with van der Waals surface area (Å²) in [4.78, 5) is 14.6. The number of anilines is 1. The molecule has 0 spiro atoms. The van der Waals surface area contributed by atoms with E-state index in [0.29, 0.717) is 31.4 Å². The van der Waals surface area contributed by atoms with Gasteiger partial charge in [-0.3, -0.25) is 5.32 Å². The molecule has 2 aliphatic rings. The van der Waals surface area contributed by atoms with Crippen molar-refractivity contribution in [1.82, 2.24) is 14.7 Å². The molecule has 1 aliphatic heterocycles. The number of hydrogen-bond donors (Lipinski definition) is 2. The Morgan fingerprint density at radius 1 is 1.32 bits per heavy atom. The first-order valence-electron chi connectivity index (χ1n) is 9.81. The Bertz CT molecular complexity index is 861. The SMILES string of the molecule is O=C(Nc1ccnn1CC1CC=CCC1)N1CCOc2ccc(CO)cc2C1. The molecule has 1 atom stereocenters. The summed E-state index contributed by atoms with van der Waals surface area (Å²) >= 11 is 0. The Morgan fingerprint density at radius 3 is 3.07 bits per heavy atom. The van der Waals surface area contributed by atoms with Gasteiger partial charge in [-0.2, -0.15) is 5.10 Å². The molecule has 148 valence electrons. The third-order valence-electron chi connectivity index (χ3n) is 5.33. The first-order chi connectivity index (χ1) is 13.7. The summed E-state index contributed by atoms with van der Waals surface area (Å²) in [6, 6.07) is 7.25. The minimum atomic E-state index is -0.170. The number of carbonyl (C=O) groups is 1. The van der Waals surface area contributed by atoms with Gasteiger partial charge in [0.2, 0.25) is 0 Å². The monoisotopic (exact) mass is 382 g/mol. The highest BCUT2D eigenvalue weighted by atomic mass is 16.5. The van der Waals surface area contributed by atoms with Crippen molar-refractivity contribution in [1.29, 1.82) is 0 Å². The zero-order chi connectivity index (χ0) is 19.3. The van der Waals surface area contributed by atoms with Crippen LogP contribution in [0.3, 0.4) is 0 Å². The maximum absolute atomic E-state index is 12.9. The minimum Gasteiger partial charge on any atom is -0.491 e. The van der Waals surface area contributed by atoms with Gasteiger partial charge in [0.05, 0.1) is 25.9 Å². The molecule has 0 fully saturated rings. The fraction of sp³-hybridized carbons (Fsp3) is 0.429. The van der Waals surface area contributed by atoms with E-state index < -0.39 is 0 Å². The number of urea groups is 1. The summed E-state index contributed by atoms with van der Waals surface area (Å²) in [5.74, 6) is 2.04. The molecule has 2 aromatic rings. The van der Waals surface area contributed by atoms with Crippen molar-refractivity contribution in [2.45, 2.75) is 39.0 Å².